The molecule has 1 amide bonds. The van der Waals surface area contributed by atoms with Crippen molar-refractivity contribution in [1.82, 2.24) is 4.90 Å². The third-order valence-corrected chi connectivity index (χ3v) is 5.17. The van der Waals surface area contributed by atoms with E-state index in [4.69, 9.17) is 9.15 Å². The van der Waals surface area contributed by atoms with E-state index in [9.17, 15) is 9.90 Å². The van der Waals surface area contributed by atoms with Crippen molar-refractivity contribution in [3.8, 4) is 22.8 Å². The van der Waals surface area contributed by atoms with E-state index in [-0.39, 0.29) is 17.6 Å². The second kappa shape index (κ2) is 9.03. The number of ether oxygens (including phenoxy) is 1. The average molecular weight is 395 g/mol. The number of carbonyl (C=O) groups excluding carboxylic acids is 1. The Balaban J connectivity index is 1.90. The van der Waals surface area contributed by atoms with E-state index in [1.165, 1.54) is 7.11 Å². The van der Waals surface area contributed by atoms with Gasteiger partial charge in [0, 0.05) is 24.0 Å². The molecule has 1 atom stereocenters. The summed E-state index contributed by atoms with van der Waals surface area (Å²) in [5, 5.41) is 10.7. The lowest BCUT2D eigenvalue weighted by atomic mass is 9.98. The Kier molecular flexibility index (Phi) is 6.47. The van der Waals surface area contributed by atoms with E-state index in [0.29, 0.717) is 11.5 Å². The van der Waals surface area contributed by atoms with Crippen LogP contribution in [0.4, 0.5) is 0 Å². The third-order valence-electron chi connectivity index (χ3n) is 5.17. The monoisotopic (exact) mass is 395 g/mol. The standard InChI is InChI=1S/C24H29NO4/c1-5-11-25(12-6-2)24(27)16(3)17-8-10-21-19(13-17)15-22(29-21)18-7-9-20(26)23(14-18)28-4/h7-10,13-16,26H,5-6,11-12H2,1-4H3. The Morgan fingerprint density at radius 2 is 1.83 bits per heavy atom. The quantitative estimate of drug-likeness (QED) is 0.542. The molecule has 1 N–H and O–H groups in total. The fourth-order valence-corrected chi connectivity index (χ4v) is 3.59. The molecule has 0 bridgehead atoms. The number of benzene rings is 2. The number of phenolic OH excluding ortho intramolecular Hbond substituents is 1. The number of rotatable bonds is 8. The molecule has 0 fully saturated rings. The molecular formula is C24H29NO4. The fourth-order valence-electron chi connectivity index (χ4n) is 3.59. The number of methoxy groups -OCH3 is 1. The second-order valence-electron chi connectivity index (χ2n) is 7.34. The molecule has 0 radical (unpaired) electrons. The van der Waals surface area contributed by atoms with Crippen molar-refractivity contribution in [1.29, 1.82) is 0 Å². The van der Waals surface area contributed by atoms with Crippen LogP contribution in [0.1, 0.15) is 45.1 Å². The molecule has 2 aromatic carbocycles. The molecular weight excluding hydrogens is 366 g/mol. The average Bonchev–Trinajstić information content (AvgIpc) is 3.16. The zero-order valence-corrected chi connectivity index (χ0v) is 17.6. The smallest absolute Gasteiger partial charge is 0.229 e. The number of hydrogen-bond donors (Lipinski definition) is 1. The van der Waals surface area contributed by atoms with Gasteiger partial charge in [-0.25, -0.2) is 0 Å². The predicted molar refractivity (Wildman–Crippen MR) is 115 cm³/mol. The van der Waals surface area contributed by atoms with Gasteiger partial charge in [0.05, 0.1) is 13.0 Å². The number of fused-ring (bicyclic) bond motifs is 1. The molecule has 0 aliphatic carbocycles. The van der Waals surface area contributed by atoms with Gasteiger partial charge in [0.2, 0.25) is 5.91 Å². The lowest BCUT2D eigenvalue weighted by Crippen LogP contribution is -2.35. The van der Waals surface area contributed by atoms with Crippen molar-refractivity contribution < 1.29 is 19.1 Å². The van der Waals surface area contributed by atoms with E-state index < -0.39 is 0 Å². The van der Waals surface area contributed by atoms with Gasteiger partial charge in [-0.05, 0) is 61.7 Å². The van der Waals surface area contributed by atoms with Gasteiger partial charge < -0.3 is 19.2 Å². The van der Waals surface area contributed by atoms with Crippen molar-refractivity contribution in [2.45, 2.75) is 39.5 Å². The number of phenols is 1. The van der Waals surface area contributed by atoms with Crippen molar-refractivity contribution in [3.05, 3.63) is 48.0 Å². The van der Waals surface area contributed by atoms with Crippen LogP contribution in [0.3, 0.4) is 0 Å². The van der Waals surface area contributed by atoms with Crippen LogP contribution in [-0.2, 0) is 4.79 Å². The maximum atomic E-state index is 13.0. The Hall–Kier alpha value is -2.95. The summed E-state index contributed by atoms with van der Waals surface area (Å²) in [6.07, 6.45) is 1.91. The van der Waals surface area contributed by atoms with Gasteiger partial charge in [0.15, 0.2) is 11.5 Å². The number of nitrogens with zero attached hydrogens (tertiary/aromatic N) is 1. The molecule has 29 heavy (non-hydrogen) atoms. The highest BCUT2D eigenvalue weighted by molar-refractivity contribution is 5.88. The number of furan rings is 1. The summed E-state index contributed by atoms with van der Waals surface area (Å²) in [6, 6.07) is 13.0. The molecule has 0 aliphatic heterocycles. The predicted octanol–water partition coefficient (Wildman–Crippen LogP) is 5.57. The minimum Gasteiger partial charge on any atom is -0.504 e. The molecule has 0 spiro atoms. The first-order valence-electron chi connectivity index (χ1n) is 10.2. The number of amides is 1. The SMILES string of the molecule is CCCN(CCC)C(=O)C(C)c1ccc2oc(-c3ccc(O)c(OC)c3)cc2c1. The van der Waals surface area contributed by atoms with Gasteiger partial charge in [0.25, 0.3) is 0 Å². The molecule has 3 rings (SSSR count). The minimum absolute atomic E-state index is 0.0886. The van der Waals surface area contributed by atoms with Crippen LogP contribution in [0.5, 0.6) is 11.5 Å². The first kappa shape index (κ1) is 20.8. The van der Waals surface area contributed by atoms with Crippen LogP contribution >= 0.6 is 0 Å². The highest BCUT2D eigenvalue weighted by Crippen LogP contribution is 2.35. The number of hydrogen-bond acceptors (Lipinski definition) is 4. The molecule has 0 saturated carbocycles. The summed E-state index contributed by atoms with van der Waals surface area (Å²) in [6.45, 7) is 7.74. The van der Waals surface area contributed by atoms with Crippen LogP contribution in [0.25, 0.3) is 22.3 Å². The molecule has 3 aromatic rings. The maximum Gasteiger partial charge on any atom is 0.229 e. The molecule has 5 nitrogen and oxygen atoms in total. The van der Waals surface area contributed by atoms with E-state index in [2.05, 4.69) is 13.8 Å². The summed E-state index contributed by atoms with van der Waals surface area (Å²) in [5.41, 5.74) is 2.56. The normalized spacial score (nSPS) is 12.1. The van der Waals surface area contributed by atoms with Crippen LogP contribution in [0.2, 0.25) is 0 Å². The van der Waals surface area contributed by atoms with Crippen molar-refractivity contribution >= 4 is 16.9 Å². The van der Waals surface area contributed by atoms with Gasteiger partial charge >= 0.3 is 0 Å². The zero-order valence-electron chi connectivity index (χ0n) is 17.6. The van der Waals surface area contributed by atoms with Crippen LogP contribution in [0, 0.1) is 0 Å². The third kappa shape index (κ3) is 4.39. The van der Waals surface area contributed by atoms with Gasteiger partial charge in [-0.1, -0.05) is 19.9 Å². The van der Waals surface area contributed by atoms with E-state index in [0.717, 1.165) is 48.0 Å². The lowest BCUT2D eigenvalue weighted by Gasteiger charge is -2.25. The fraction of sp³-hybridized carbons (Fsp3) is 0.375. The summed E-state index contributed by atoms with van der Waals surface area (Å²) in [4.78, 5) is 14.9. The maximum absolute atomic E-state index is 13.0. The van der Waals surface area contributed by atoms with Crippen molar-refractivity contribution in [2.75, 3.05) is 20.2 Å². The Bertz CT molecular complexity index is 986. The molecule has 5 heteroatoms. The number of aromatic hydroxyl groups is 1. The largest absolute Gasteiger partial charge is 0.504 e. The van der Waals surface area contributed by atoms with Gasteiger partial charge in [-0.15, -0.1) is 0 Å². The first-order valence-corrected chi connectivity index (χ1v) is 10.2. The van der Waals surface area contributed by atoms with Gasteiger partial charge in [-0.3, -0.25) is 4.79 Å². The molecule has 1 heterocycles. The summed E-state index contributed by atoms with van der Waals surface area (Å²) < 4.78 is 11.2. The summed E-state index contributed by atoms with van der Waals surface area (Å²) >= 11 is 0. The summed E-state index contributed by atoms with van der Waals surface area (Å²) in [7, 11) is 1.52. The van der Waals surface area contributed by atoms with Crippen LogP contribution < -0.4 is 4.74 Å². The number of carbonyl (C=O) groups is 1. The minimum atomic E-state index is -0.204. The summed E-state index contributed by atoms with van der Waals surface area (Å²) in [5.74, 6) is 1.14. The van der Waals surface area contributed by atoms with E-state index >= 15 is 0 Å². The van der Waals surface area contributed by atoms with Crippen LogP contribution in [-0.4, -0.2) is 36.1 Å². The molecule has 0 saturated heterocycles. The zero-order chi connectivity index (χ0) is 21.0. The molecule has 154 valence electrons. The Morgan fingerprint density at radius 1 is 1.10 bits per heavy atom. The Morgan fingerprint density at radius 3 is 2.48 bits per heavy atom. The van der Waals surface area contributed by atoms with Gasteiger partial charge in [0.1, 0.15) is 11.3 Å². The lowest BCUT2D eigenvalue weighted by molar-refractivity contribution is -0.132. The highest BCUT2D eigenvalue weighted by Gasteiger charge is 2.21. The van der Waals surface area contributed by atoms with Crippen molar-refractivity contribution in [2.24, 2.45) is 0 Å². The molecule has 0 aliphatic rings. The Labute approximate surface area is 171 Å². The van der Waals surface area contributed by atoms with Crippen molar-refractivity contribution in [3.63, 3.8) is 0 Å². The molecule has 1 unspecified atom stereocenters. The van der Waals surface area contributed by atoms with Crippen LogP contribution in [0.15, 0.2) is 46.9 Å². The second-order valence-corrected chi connectivity index (χ2v) is 7.34. The topological polar surface area (TPSA) is 62.9 Å². The molecule has 1 aromatic heterocycles. The first-order chi connectivity index (χ1) is 14.0. The van der Waals surface area contributed by atoms with E-state index in [1.807, 2.05) is 36.1 Å². The van der Waals surface area contributed by atoms with Gasteiger partial charge in [-0.2, -0.15) is 0 Å². The highest BCUT2D eigenvalue weighted by atomic mass is 16.5. The van der Waals surface area contributed by atoms with E-state index in [1.54, 1.807) is 18.2 Å².